The van der Waals surface area contributed by atoms with Crippen molar-refractivity contribution in [1.82, 2.24) is 10.3 Å². The number of carbonyl (C=O) groups excluding carboxylic acids is 2. The van der Waals surface area contributed by atoms with E-state index in [9.17, 15) is 9.59 Å². The second-order valence-electron chi connectivity index (χ2n) is 7.24. The number of nitrogens with zero attached hydrogens (tertiary/aromatic N) is 1. The minimum absolute atomic E-state index is 0.0437. The molecule has 0 saturated heterocycles. The monoisotopic (exact) mass is 415 g/mol. The van der Waals surface area contributed by atoms with Gasteiger partial charge in [-0.2, -0.15) is 0 Å². The maximum Gasteiger partial charge on any atom is 0.319 e. The molecule has 1 heterocycles. The van der Waals surface area contributed by atoms with Crippen molar-refractivity contribution in [3.63, 3.8) is 0 Å². The number of anilines is 2. The van der Waals surface area contributed by atoms with E-state index in [1.165, 1.54) is 25.5 Å². The standard InChI is InChI=1S/C21H26ClN5O2/c22-16-9-10-19(24-13-16)27-20(28)15-7-4-8-17(11-15)25-21(29)26-18(12-23)14-5-2-1-3-6-14/h4,7-11,13-14,18H,1-3,5-6,12,23H2,(H,24,27,28)(H2,25,26,29). The van der Waals surface area contributed by atoms with Gasteiger partial charge in [-0.05, 0) is 49.1 Å². The van der Waals surface area contributed by atoms with Crippen molar-refractivity contribution in [1.29, 1.82) is 0 Å². The van der Waals surface area contributed by atoms with Crippen LogP contribution in [0.3, 0.4) is 0 Å². The van der Waals surface area contributed by atoms with Gasteiger partial charge < -0.3 is 21.7 Å². The third-order valence-electron chi connectivity index (χ3n) is 5.14. The molecule has 1 aromatic carbocycles. The number of urea groups is 1. The number of benzene rings is 1. The quantitative estimate of drug-likeness (QED) is 0.571. The third-order valence-corrected chi connectivity index (χ3v) is 5.36. The van der Waals surface area contributed by atoms with Crippen molar-refractivity contribution < 1.29 is 9.59 Å². The minimum atomic E-state index is -0.328. The van der Waals surface area contributed by atoms with Crippen LogP contribution in [0.4, 0.5) is 16.3 Å². The maximum absolute atomic E-state index is 12.4. The Morgan fingerprint density at radius 1 is 1.14 bits per heavy atom. The molecule has 1 aromatic heterocycles. The molecular formula is C21H26ClN5O2. The fourth-order valence-corrected chi connectivity index (χ4v) is 3.73. The Hall–Kier alpha value is -2.64. The lowest BCUT2D eigenvalue weighted by atomic mass is 9.84. The van der Waals surface area contributed by atoms with Gasteiger partial charge in [-0.25, -0.2) is 9.78 Å². The normalized spacial score (nSPS) is 15.4. The molecule has 5 N–H and O–H groups in total. The van der Waals surface area contributed by atoms with Crippen molar-refractivity contribution in [3.05, 3.63) is 53.2 Å². The zero-order valence-corrected chi connectivity index (χ0v) is 16.9. The minimum Gasteiger partial charge on any atom is -0.334 e. The lowest BCUT2D eigenvalue weighted by Crippen LogP contribution is -2.47. The maximum atomic E-state index is 12.4. The van der Waals surface area contributed by atoms with Crippen LogP contribution in [0.5, 0.6) is 0 Å². The second-order valence-corrected chi connectivity index (χ2v) is 7.67. The van der Waals surface area contributed by atoms with Gasteiger partial charge in [0, 0.05) is 30.0 Å². The fraction of sp³-hybridized carbons (Fsp3) is 0.381. The molecule has 8 heteroatoms. The van der Waals surface area contributed by atoms with E-state index in [-0.39, 0.29) is 18.0 Å². The van der Waals surface area contributed by atoms with Crippen molar-refractivity contribution in [2.24, 2.45) is 11.7 Å². The number of hydrogen-bond donors (Lipinski definition) is 4. The van der Waals surface area contributed by atoms with E-state index < -0.39 is 0 Å². The van der Waals surface area contributed by atoms with Gasteiger partial charge in [0.05, 0.1) is 5.02 Å². The highest BCUT2D eigenvalue weighted by Crippen LogP contribution is 2.26. The third kappa shape index (κ3) is 6.17. The Kier molecular flexibility index (Phi) is 7.43. The van der Waals surface area contributed by atoms with Crippen molar-refractivity contribution >= 4 is 35.0 Å². The summed E-state index contributed by atoms with van der Waals surface area (Å²) in [7, 11) is 0. The fourth-order valence-electron chi connectivity index (χ4n) is 3.62. The zero-order valence-electron chi connectivity index (χ0n) is 16.2. The van der Waals surface area contributed by atoms with Crippen LogP contribution in [0.25, 0.3) is 0 Å². The van der Waals surface area contributed by atoms with E-state index in [0.717, 1.165) is 12.8 Å². The van der Waals surface area contributed by atoms with Crippen LogP contribution in [0, 0.1) is 5.92 Å². The molecule has 2 aromatic rings. The van der Waals surface area contributed by atoms with E-state index in [1.807, 2.05) is 0 Å². The van der Waals surface area contributed by atoms with Crippen molar-refractivity contribution in [2.45, 2.75) is 38.1 Å². The zero-order chi connectivity index (χ0) is 20.6. The van der Waals surface area contributed by atoms with Crippen LogP contribution >= 0.6 is 11.6 Å². The van der Waals surface area contributed by atoms with Crippen LogP contribution in [0.1, 0.15) is 42.5 Å². The van der Waals surface area contributed by atoms with Crippen LogP contribution in [0.2, 0.25) is 5.02 Å². The second kappa shape index (κ2) is 10.2. The number of nitrogens with one attached hydrogen (secondary N) is 3. The van der Waals surface area contributed by atoms with Crippen molar-refractivity contribution in [3.8, 4) is 0 Å². The highest BCUT2D eigenvalue weighted by molar-refractivity contribution is 6.30. The van der Waals surface area contributed by atoms with E-state index in [1.54, 1.807) is 36.4 Å². The van der Waals surface area contributed by atoms with Gasteiger partial charge in [0.25, 0.3) is 5.91 Å². The predicted octanol–water partition coefficient (Wildman–Crippen LogP) is 4.02. The summed E-state index contributed by atoms with van der Waals surface area (Å²) in [5, 5.41) is 8.96. The van der Waals surface area contributed by atoms with E-state index in [4.69, 9.17) is 17.3 Å². The number of aromatic nitrogens is 1. The molecule has 1 atom stereocenters. The number of hydrogen-bond acceptors (Lipinski definition) is 4. The Morgan fingerprint density at radius 2 is 1.93 bits per heavy atom. The molecule has 1 fully saturated rings. The molecule has 3 rings (SSSR count). The molecule has 7 nitrogen and oxygen atoms in total. The topological polar surface area (TPSA) is 109 Å². The Balaban J connectivity index is 1.58. The molecule has 1 aliphatic rings. The highest BCUT2D eigenvalue weighted by atomic mass is 35.5. The van der Waals surface area contributed by atoms with E-state index in [0.29, 0.717) is 34.6 Å². The van der Waals surface area contributed by atoms with Crippen molar-refractivity contribution in [2.75, 3.05) is 17.2 Å². The van der Waals surface area contributed by atoms with Gasteiger partial charge in [0.2, 0.25) is 0 Å². The summed E-state index contributed by atoms with van der Waals surface area (Å²) < 4.78 is 0. The van der Waals surface area contributed by atoms with Gasteiger partial charge in [0.1, 0.15) is 5.82 Å². The largest absolute Gasteiger partial charge is 0.334 e. The number of carbonyl (C=O) groups is 2. The summed E-state index contributed by atoms with van der Waals surface area (Å²) in [6.07, 6.45) is 7.27. The average Bonchev–Trinajstić information content (AvgIpc) is 2.74. The summed E-state index contributed by atoms with van der Waals surface area (Å²) >= 11 is 5.80. The first kappa shape index (κ1) is 21.1. The molecule has 0 aliphatic heterocycles. The van der Waals surface area contributed by atoms with E-state index in [2.05, 4.69) is 20.9 Å². The van der Waals surface area contributed by atoms with Gasteiger partial charge >= 0.3 is 6.03 Å². The number of pyridine rings is 1. The molecule has 3 amide bonds. The average molecular weight is 416 g/mol. The predicted molar refractivity (Wildman–Crippen MR) is 115 cm³/mol. The summed E-state index contributed by atoms with van der Waals surface area (Å²) in [5.41, 5.74) is 6.81. The molecule has 154 valence electrons. The van der Waals surface area contributed by atoms with Crippen LogP contribution in [0.15, 0.2) is 42.6 Å². The molecule has 29 heavy (non-hydrogen) atoms. The van der Waals surface area contributed by atoms with Gasteiger partial charge in [-0.15, -0.1) is 0 Å². The lowest BCUT2D eigenvalue weighted by Gasteiger charge is -2.30. The number of halogens is 1. The molecule has 1 aliphatic carbocycles. The Labute approximate surface area is 175 Å². The first-order valence-corrected chi connectivity index (χ1v) is 10.2. The van der Waals surface area contributed by atoms with Gasteiger partial charge in [-0.1, -0.05) is 36.9 Å². The smallest absolute Gasteiger partial charge is 0.319 e. The lowest BCUT2D eigenvalue weighted by molar-refractivity contribution is 0.102. The first-order chi connectivity index (χ1) is 14.0. The molecule has 0 spiro atoms. The summed E-state index contributed by atoms with van der Waals surface area (Å²) in [6, 6.07) is 9.62. The number of amides is 3. The SMILES string of the molecule is NCC(NC(=O)Nc1cccc(C(=O)Nc2ccc(Cl)cn2)c1)C1CCCCC1. The Morgan fingerprint density at radius 3 is 2.62 bits per heavy atom. The van der Waals surface area contributed by atoms with Crippen LogP contribution < -0.4 is 21.7 Å². The van der Waals surface area contributed by atoms with Gasteiger partial charge in [0.15, 0.2) is 0 Å². The summed E-state index contributed by atoms with van der Waals surface area (Å²) in [4.78, 5) is 28.9. The molecule has 0 bridgehead atoms. The van der Waals surface area contributed by atoms with E-state index >= 15 is 0 Å². The van der Waals surface area contributed by atoms with Crippen LogP contribution in [-0.4, -0.2) is 29.5 Å². The first-order valence-electron chi connectivity index (χ1n) is 9.85. The number of rotatable bonds is 6. The molecular weight excluding hydrogens is 390 g/mol. The molecule has 0 radical (unpaired) electrons. The summed E-state index contributed by atoms with van der Waals surface area (Å²) in [6.45, 7) is 0.411. The van der Waals surface area contributed by atoms with Gasteiger partial charge in [-0.3, -0.25) is 4.79 Å². The summed E-state index contributed by atoms with van der Waals surface area (Å²) in [5.74, 6) is 0.489. The Bertz CT molecular complexity index is 837. The van der Waals surface area contributed by atoms with Crippen LogP contribution in [-0.2, 0) is 0 Å². The number of nitrogens with two attached hydrogens (primary N) is 1. The highest BCUT2D eigenvalue weighted by Gasteiger charge is 2.24. The molecule has 1 saturated carbocycles. The molecule has 1 unspecified atom stereocenters.